The molecule has 0 atom stereocenters. The van der Waals surface area contributed by atoms with Crippen molar-refractivity contribution in [1.82, 2.24) is 15.1 Å². The predicted molar refractivity (Wildman–Crippen MR) is 177 cm³/mol. The van der Waals surface area contributed by atoms with Crippen LogP contribution < -0.4 is 5.32 Å². The summed E-state index contributed by atoms with van der Waals surface area (Å²) in [5.41, 5.74) is 4.08. The molecule has 0 spiro atoms. The van der Waals surface area contributed by atoms with Crippen LogP contribution in [0.4, 0.5) is 0 Å². The molecule has 0 aromatic rings. The molecule has 0 aliphatic rings. The van der Waals surface area contributed by atoms with E-state index in [-0.39, 0.29) is 5.41 Å². The van der Waals surface area contributed by atoms with Gasteiger partial charge in [0.25, 0.3) is 0 Å². The maximum Gasteiger partial charge on any atom is 0.0994 e. The van der Waals surface area contributed by atoms with Crippen LogP contribution in [-0.2, 0) is 0 Å². The Labute approximate surface area is 243 Å². The highest BCUT2D eigenvalue weighted by atomic mass is 15.2. The zero-order chi connectivity index (χ0) is 29.4. The minimum absolute atomic E-state index is 0.0765. The number of allylic oxidation sites excluding steroid dienone is 7. The van der Waals surface area contributed by atoms with E-state index in [9.17, 15) is 0 Å². The van der Waals surface area contributed by atoms with Crippen LogP contribution in [0, 0.1) is 17.8 Å². The molecular formula is C35H60N4. The lowest BCUT2D eigenvalue weighted by molar-refractivity contribution is 0.238. The number of terminal acetylenes is 1. The molecule has 0 amide bonds. The van der Waals surface area contributed by atoms with Crippen molar-refractivity contribution < 1.29 is 0 Å². The summed E-state index contributed by atoms with van der Waals surface area (Å²) < 4.78 is 0. The van der Waals surface area contributed by atoms with Crippen LogP contribution >= 0.6 is 0 Å². The van der Waals surface area contributed by atoms with Gasteiger partial charge in [-0.05, 0) is 52.7 Å². The normalized spacial score (nSPS) is 14.1. The third-order valence-electron chi connectivity index (χ3n) is 6.54. The Morgan fingerprint density at radius 1 is 0.949 bits per heavy atom. The van der Waals surface area contributed by atoms with Crippen molar-refractivity contribution in [3.05, 3.63) is 59.8 Å². The molecule has 4 nitrogen and oxygen atoms in total. The summed E-state index contributed by atoms with van der Waals surface area (Å²) in [4.78, 5) is 9.86. The Balaban J connectivity index is 5.59. The van der Waals surface area contributed by atoms with Gasteiger partial charge in [0.1, 0.15) is 0 Å². The lowest BCUT2D eigenvalue weighted by Gasteiger charge is -2.29. The number of nitrogens with one attached hydrogen (secondary N) is 1. The van der Waals surface area contributed by atoms with Gasteiger partial charge < -0.3 is 5.32 Å². The molecule has 0 radical (unpaired) electrons. The smallest absolute Gasteiger partial charge is 0.0994 e. The Kier molecular flexibility index (Phi) is 22.3. The first-order chi connectivity index (χ1) is 18.7. The molecule has 0 bridgehead atoms. The van der Waals surface area contributed by atoms with Gasteiger partial charge in [0.05, 0.1) is 6.54 Å². The van der Waals surface area contributed by atoms with Crippen LogP contribution in [0.2, 0.25) is 0 Å². The Morgan fingerprint density at radius 3 is 2.31 bits per heavy atom. The summed E-state index contributed by atoms with van der Waals surface area (Å²) in [6.07, 6.45) is 29.1. The maximum atomic E-state index is 5.52. The van der Waals surface area contributed by atoms with Crippen molar-refractivity contribution in [1.29, 1.82) is 0 Å². The van der Waals surface area contributed by atoms with Crippen molar-refractivity contribution in [2.75, 3.05) is 59.4 Å². The van der Waals surface area contributed by atoms with Gasteiger partial charge in [-0.15, -0.1) is 6.42 Å². The van der Waals surface area contributed by atoms with Gasteiger partial charge in [-0.3, -0.25) is 14.8 Å². The second kappa shape index (κ2) is 23.7. The molecule has 0 aromatic carbocycles. The summed E-state index contributed by atoms with van der Waals surface area (Å²) in [6.45, 7) is 22.7. The van der Waals surface area contributed by atoms with E-state index in [1.165, 1.54) is 23.3 Å². The number of hydrogen-bond acceptors (Lipinski definition) is 4. The van der Waals surface area contributed by atoms with E-state index in [2.05, 4.69) is 118 Å². The van der Waals surface area contributed by atoms with Crippen LogP contribution in [0.25, 0.3) is 0 Å². The van der Waals surface area contributed by atoms with E-state index in [4.69, 9.17) is 11.4 Å². The molecule has 4 heteroatoms. The molecule has 0 rings (SSSR count). The number of rotatable bonds is 22. The largest absolute Gasteiger partial charge is 0.316 e. The molecule has 0 unspecified atom stereocenters. The Bertz CT molecular complexity index is 848. The topological polar surface area (TPSA) is 30.9 Å². The highest BCUT2D eigenvalue weighted by Crippen LogP contribution is 2.19. The first-order valence-corrected chi connectivity index (χ1v) is 15.1. The summed E-state index contributed by atoms with van der Waals surface area (Å²) in [5, 5.41) is 3.32. The molecule has 0 heterocycles. The molecule has 39 heavy (non-hydrogen) atoms. The zero-order valence-corrected chi connectivity index (χ0v) is 26.7. The minimum Gasteiger partial charge on any atom is -0.316 e. The highest BCUT2D eigenvalue weighted by Gasteiger charge is 2.14. The standard InChI is InChI=1S/C35H60N4/c1-10-15-17-22-35(7,8)23-19-21-32(6)29-38(25-18-16-11-2)26-27-39(30-33(14-5)28-36-9)31-34(20-12-3)37-24-13-4/h4,11,14,16-17,19,21-23,36H,10,12,15,18,20,24-31H2,1-3,5-9H3/b16-11-,22-17+,23-19-,32-21+,33-14+,37-34?. The summed E-state index contributed by atoms with van der Waals surface area (Å²) in [6, 6.07) is 0. The number of unbranched alkanes of at least 4 members (excludes halogenated alkanes) is 1. The van der Waals surface area contributed by atoms with Gasteiger partial charge in [0.2, 0.25) is 0 Å². The quantitative estimate of drug-likeness (QED) is 0.0673. The molecule has 1 N–H and O–H groups in total. The molecule has 220 valence electrons. The van der Waals surface area contributed by atoms with Crippen LogP contribution in [0.1, 0.15) is 80.6 Å². The SMILES string of the molecule is C#CCN=C(CCC)CN(CCN(CC/C=C\C)C/C(C)=C/C=C\C(C)(C)/C=C/CCC)C/C(=C/C)CNC. The average Bonchev–Trinajstić information content (AvgIpc) is 2.89. The molecule has 0 fully saturated rings. The molecule has 0 aliphatic carbocycles. The highest BCUT2D eigenvalue weighted by molar-refractivity contribution is 5.86. The third-order valence-corrected chi connectivity index (χ3v) is 6.54. The van der Waals surface area contributed by atoms with Crippen molar-refractivity contribution >= 4 is 5.71 Å². The van der Waals surface area contributed by atoms with E-state index in [1.807, 2.05) is 7.05 Å². The summed E-state index contributed by atoms with van der Waals surface area (Å²) >= 11 is 0. The Morgan fingerprint density at radius 2 is 1.69 bits per heavy atom. The van der Waals surface area contributed by atoms with Crippen LogP contribution in [-0.4, -0.2) is 74.9 Å². The number of nitrogens with zero attached hydrogens (tertiary/aromatic N) is 3. The van der Waals surface area contributed by atoms with Crippen LogP contribution in [0.15, 0.2) is 64.7 Å². The fourth-order valence-corrected chi connectivity index (χ4v) is 4.34. The molecule has 0 aromatic heterocycles. The van der Waals surface area contributed by atoms with Gasteiger partial charge in [0, 0.05) is 56.9 Å². The monoisotopic (exact) mass is 536 g/mol. The second-order valence-electron chi connectivity index (χ2n) is 11.0. The van der Waals surface area contributed by atoms with E-state index < -0.39 is 0 Å². The predicted octanol–water partition coefficient (Wildman–Crippen LogP) is 7.48. The maximum absolute atomic E-state index is 5.52. The molecule has 0 saturated heterocycles. The lowest BCUT2D eigenvalue weighted by Crippen LogP contribution is -2.40. The first kappa shape index (κ1) is 36.8. The van der Waals surface area contributed by atoms with E-state index in [1.54, 1.807) is 0 Å². The summed E-state index contributed by atoms with van der Waals surface area (Å²) in [7, 11) is 2.01. The van der Waals surface area contributed by atoms with E-state index in [0.29, 0.717) is 6.54 Å². The van der Waals surface area contributed by atoms with Crippen molar-refractivity contribution in [2.24, 2.45) is 10.4 Å². The van der Waals surface area contributed by atoms with Gasteiger partial charge in [-0.1, -0.05) is 101 Å². The van der Waals surface area contributed by atoms with Crippen molar-refractivity contribution in [3.63, 3.8) is 0 Å². The third kappa shape index (κ3) is 20.4. The van der Waals surface area contributed by atoms with E-state index >= 15 is 0 Å². The van der Waals surface area contributed by atoms with Gasteiger partial charge in [-0.2, -0.15) is 0 Å². The fraction of sp³-hybridized carbons (Fsp3) is 0.629. The molecule has 0 saturated carbocycles. The Hall–Kier alpha value is -2.19. The minimum atomic E-state index is 0.0765. The van der Waals surface area contributed by atoms with Gasteiger partial charge in [0.15, 0.2) is 0 Å². The van der Waals surface area contributed by atoms with Gasteiger partial charge in [-0.25, -0.2) is 0 Å². The number of hydrogen-bond donors (Lipinski definition) is 1. The lowest BCUT2D eigenvalue weighted by atomic mass is 9.92. The van der Waals surface area contributed by atoms with Crippen LogP contribution in [0.5, 0.6) is 0 Å². The van der Waals surface area contributed by atoms with Crippen molar-refractivity contribution in [3.8, 4) is 12.3 Å². The van der Waals surface area contributed by atoms with Crippen molar-refractivity contribution in [2.45, 2.75) is 80.6 Å². The zero-order valence-electron chi connectivity index (χ0n) is 26.7. The number of likely N-dealkylation sites (N-methyl/N-ethyl adjacent to an activating group) is 1. The molecular weight excluding hydrogens is 476 g/mol. The fourth-order valence-electron chi connectivity index (χ4n) is 4.34. The second-order valence-corrected chi connectivity index (χ2v) is 11.0. The van der Waals surface area contributed by atoms with Crippen LogP contribution in [0.3, 0.4) is 0 Å². The van der Waals surface area contributed by atoms with Gasteiger partial charge >= 0.3 is 0 Å². The average molecular weight is 537 g/mol. The summed E-state index contributed by atoms with van der Waals surface area (Å²) in [5.74, 6) is 2.68. The molecule has 0 aliphatic heterocycles. The number of aliphatic imine (C=N–C) groups is 1. The first-order valence-electron chi connectivity index (χ1n) is 15.1. The van der Waals surface area contributed by atoms with E-state index in [0.717, 1.165) is 71.5 Å².